The number of rotatable bonds is 4. The highest BCUT2D eigenvalue weighted by Gasteiger charge is 2.16. The summed E-state index contributed by atoms with van der Waals surface area (Å²) < 4.78 is 27.2. The van der Waals surface area contributed by atoms with Crippen molar-refractivity contribution < 1.29 is 23.1 Å². The molecule has 92 valence electrons. The molecule has 0 atom stereocenters. The third-order valence-corrected chi connectivity index (χ3v) is 3.23. The molecule has 0 aliphatic carbocycles. The van der Waals surface area contributed by atoms with E-state index in [1.165, 1.54) is 31.4 Å². The lowest BCUT2D eigenvalue weighted by Crippen LogP contribution is -1.96. The van der Waals surface area contributed by atoms with Crippen molar-refractivity contribution in [1.82, 2.24) is 0 Å². The van der Waals surface area contributed by atoms with E-state index in [-0.39, 0.29) is 10.6 Å². The number of halogens is 1. The first-order valence-electron chi connectivity index (χ1n) is 4.38. The van der Waals surface area contributed by atoms with Crippen molar-refractivity contribution >= 4 is 31.8 Å². The second kappa shape index (κ2) is 5.20. The molecule has 0 bridgehead atoms. The van der Waals surface area contributed by atoms with E-state index < -0.39 is 15.0 Å². The summed E-state index contributed by atoms with van der Waals surface area (Å²) in [4.78, 5) is 10.2. The van der Waals surface area contributed by atoms with E-state index in [9.17, 15) is 13.2 Å². The molecule has 0 spiro atoms. The summed E-state index contributed by atoms with van der Waals surface area (Å²) in [6.45, 7) is 0. The Bertz CT molecular complexity index is 562. The predicted molar refractivity (Wildman–Crippen MR) is 62.7 cm³/mol. The summed E-state index contributed by atoms with van der Waals surface area (Å²) >= 11 is 0. The van der Waals surface area contributed by atoms with Gasteiger partial charge in [-0.3, -0.25) is 0 Å². The Hall–Kier alpha value is -1.53. The highest BCUT2D eigenvalue weighted by atomic mass is 35.7. The Balaban J connectivity index is 3.23. The van der Waals surface area contributed by atoms with Gasteiger partial charge in [-0.2, -0.15) is 0 Å². The van der Waals surface area contributed by atoms with Crippen LogP contribution in [0.15, 0.2) is 29.2 Å². The minimum atomic E-state index is -3.89. The minimum absolute atomic E-state index is 0.0625. The zero-order valence-electron chi connectivity index (χ0n) is 8.75. The molecule has 0 unspecified atom stereocenters. The lowest BCUT2D eigenvalue weighted by molar-refractivity contribution is -0.131. The van der Waals surface area contributed by atoms with Gasteiger partial charge in [0.15, 0.2) is 0 Å². The lowest BCUT2D eigenvalue weighted by Gasteiger charge is -2.06. The third kappa shape index (κ3) is 3.76. The normalized spacial score (nSPS) is 11.6. The van der Waals surface area contributed by atoms with Crippen LogP contribution in [-0.2, 0) is 13.8 Å². The summed E-state index contributed by atoms with van der Waals surface area (Å²) in [5, 5.41) is 8.45. The molecule has 1 aromatic carbocycles. The number of benzene rings is 1. The van der Waals surface area contributed by atoms with Crippen LogP contribution < -0.4 is 4.74 Å². The van der Waals surface area contributed by atoms with Crippen molar-refractivity contribution in [2.75, 3.05) is 7.11 Å². The SMILES string of the molecule is COc1cc(/C=C/C(=O)O)ccc1S(=O)(=O)Cl. The van der Waals surface area contributed by atoms with Gasteiger partial charge in [0.1, 0.15) is 10.6 Å². The molecule has 0 aliphatic heterocycles. The van der Waals surface area contributed by atoms with Gasteiger partial charge in [0.25, 0.3) is 9.05 Å². The van der Waals surface area contributed by atoms with Crippen LogP contribution >= 0.6 is 10.7 Å². The van der Waals surface area contributed by atoms with E-state index in [0.717, 1.165) is 6.08 Å². The molecule has 0 aromatic heterocycles. The van der Waals surface area contributed by atoms with Crippen molar-refractivity contribution in [2.45, 2.75) is 4.90 Å². The highest BCUT2D eigenvalue weighted by molar-refractivity contribution is 8.13. The van der Waals surface area contributed by atoms with Crippen LogP contribution in [0.3, 0.4) is 0 Å². The Kier molecular flexibility index (Phi) is 4.14. The van der Waals surface area contributed by atoms with Gasteiger partial charge in [0, 0.05) is 16.8 Å². The Morgan fingerprint density at radius 2 is 2.12 bits per heavy atom. The molecule has 0 saturated heterocycles. The first-order chi connectivity index (χ1) is 7.84. The number of hydrogen-bond donors (Lipinski definition) is 1. The van der Waals surface area contributed by atoms with Crippen LogP contribution in [0.4, 0.5) is 0 Å². The summed E-state index contributed by atoms with van der Waals surface area (Å²) in [7, 11) is 2.61. The van der Waals surface area contributed by atoms with E-state index in [4.69, 9.17) is 20.5 Å². The van der Waals surface area contributed by atoms with Crippen molar-refractivity contribution in [3.8, 4) is 5.75 Å². The Morgan fingerprint density at radius 3 is 2.59 bits per heavy atom. The minimum Gasteiger partial charge on any atom is -0.495 e. The molecule has 0 fully saturated rings. The van der Waals surface area contributed by atoms with Crippen LogP contribution in [0.25, 0.3) is 6.08 Å². The van der Waals surface area contributed by atoms with Gasteiger partial charge in [-0.05, 0) is 23.8 Å². The quantitative estimate of drug-likeness (QED) is 0.669. The smallest absolute Gasteiger partial charge is 0.328 e. The van der Waals surface area contributed by atoms with Gasteiger partial charge in [0.05, 0.1) is 7.11 Å². The fraction of sp³-hybridized carbons (Fsp3) is 0.100. The standard InChI is InChI=1S/C10H9ClO5S/c1-16-8-6-7(3-5-10(12)13)2-4-9(8)17(11,14)15/h2-6H,1H3,(H,12,13)/b5-3+. The number of hydrogen-bond acceptors (Lipinski definition) is 4. The topological polar surface area (TPSA) is 80.7 Å². The first kappa shape index (κ1) is 13.5. The molecule has 0 amide bonds. The van der Waals surface area contributed by atoms with E-state index in [2.05, 4.69) is 0 Å². The first-order valence-corrected chi connectivity index (χ1v) is 6.69. The second-order valence-electron chi connectivity index (χ2n) is 3.02. The van der Waals surface area contributed by atoms with Gasteiger partial charge in [-0.15, -0.1) is 0 Å². The van der Waals surface area contributed by atoms with E-state index in [0.29, 0.717) is 5.56 Å². The summed E-state index contributed by atoms with van der Waals surface area (Å²) in [6.07, 6.45) is 2.25. The van der Waals surface area contributed by atoms with Gasteiger partial charge in [-0.25, -0.2) is 13.2 Å². The van der Waals surface area contributed by atoms with Crippen LogP contribution in [0.1, 0.15) is 5.56 Å². The number of carboxylic acid groups (broad SMARTS) is 1. The van der Waals surface area contributed by atoms with Gasteiger partial charge in [-0.1, -0.05) is 6.07 Å². The maximum atomic E-state index is 11.2. The monoisotopic (exact) mass is 276 g/mol. The molecular formula is C10H9ClO5S. The number of aliphatic carboxylic acids is 1. The van der Waals surface area contributed by atoms with Crippen molar-refractivity contribution in [3.05, 3.63) is 29.8 Å². The molecule has 7 heteroatoms. The summed E-state index contributed by atoms with van der Waals surface area (Å²) in [6, 6.07) is 4.06. The number of carboxylic acids is 1. The van der Waals surface area contributed by atoms with Crippen LogP contribution in [-0.4, -0.2) is 26.6 Å². The zero-order valence-corrected chi connectivity index (χ0v) is 10.3. The maximum absolute atomic E-state index is 11.2. The van der Waals surface area contributed by atoms with E-state index in [1.807, 2.05) is 0 Å². The predicted octanol–water partition coefficient (Wildman–Crippen LogP) is 1.72. The van der Waals surface area contributed by atoms with Crippen molar-refractivity contribution in [1.29, 1.82) is 0 Å². The van der Waals surface area contributed by atoms with E-state index >= 15 is 0 Å². The van der Waals surface area contributed by atoms with E-state index in [1.54, 1.807) is 0 Å². The molecule has 1 aromatic rings. The highest BCUT2D eigenvalue weighted by Crippen LogP contribution is 2.28. The molecule has 1 rings (SSSR count). The maximum Gasteiger partial charge on any atom is 0.328 e. The van der Waals surface area contributed by atoms with Crippen molar-refractivity contribution in [3.63, 3.8) is 0 Å². The van der Waals surface area contributed by atoms with Crippen LogP contribution in [0.2, 0.25) is 0 Å². The van der Waals surface area contributed by atoms with Gasteiger partial charge in [0.2, 0.25) is 0 Å². The molecule has 1 N–H and O–H groups in total. The van der Waals surface area contributed by atoms with Gasteiger partial charge < -0.3 is 9.84 Å². The average Bonchev–Trinajstić information content (AvgIpc) is 2.24. The number of carbonyl (C=O) groups is 1. The third-order valence-electron chi connectivity index (χ3n) is 1.87. The number of ether oxygens (including phenoxy) is 1. The molecule has 5 nitrogen and oxygen atoms in total. The molecule has 17 heavy (non-hydrogen) atoms. The van der Waals surface area contributed by atoms with Gasteiger partial charge >= 0.3 is 5.97 Å². The largest absolute Gasteiger partial charge is 0.495 e. The van der Waals surface area contributed by atoms with Crippen LogP contribution in [0, 0.1) is 0 Å². The Labute approximate surface area is 103 Å². The fourth-order valence-electron chi connectivity index (χ4n) is 1.16. The molecule has 0 radical (unpaired) electrons. The summed E-state index contributed by atoms with van der Waals surface area (Å²) in [5.74, 6) is -1.04. The zero-order chi connectivity index (χ0) is 13.1. The second-order valence-corrected chi connectivity index (χ2v) is 5.55. The fourth-order valence-corrected chi connectivity index (χ4v) is 2.15. The Morgan fingerprint density at radius 1 is 1.47 bits per heavy atom. The number of methoxy groups -OCH3 is 1. The molecule has 0 heterocycles. The van der Waals surface area contributed by atoms with Crippen LogP contribution in [0.5, 0.6) is 5.75 Å². The molecular weight excluding hydrogens is 268 g/mol. The lowest BCUT2D eigenvalue weighted by atomic mass is 10.2. The molecule has 0 aliphatic rings. The van der Waals surface area contributed by atoms with Crippen molar-refractivity contribution in [2.24, 2.45) is 0 Å². The molecule has 0 saturated carbocycles. The average molecular weight is 277 g/mol. The summed E-state index contributed by atoms with van der Waals surface area (Å²) in [5.41, 5.74) is 0.494.